The molecule has 4 N–H and O–H groups in total. The Labute approximate surface area is 226 Å². The van der Waals surface area contributed by atoms with Crippen LogP contribution in [0.15, 0.2) is 76.3 Å². The highest BCUT2D eigenvalue weighted by Gasteiger charge is 2.33. The summed E-state index contributed by atoms with van der Waals surface area (Å²) in [5.74, 6) is -0.697. The lowest BCUT2D eigenvalue weighted by atomic mass is 10.0. The number of carbonyl (C=O) groups is 1. The molecule has 2 aromatic carbocycles. The quantitative estimate of drug-likeness (QED) is 0.262. The number of halogens is 3. The van der Waals surface area contributed by atoms with E-state index in [-0.39, 0.29) is 29.8 Å². The van der Waals surface area contributed by atoms with Gasteiger partial charge < -0.3 is 25.5 Å². The molecule has 206 valence electrons. The number of nitrogens with one attached hydrogen (secondary N) is 3. The molecule has 40 heavy (non-hydrogen) atoms. The number of anilines is 3. The summed E-state index contributed by atoms with van der Waals surface area (Å²) in [6.45, 7) is 2.91. The molecular weight excluding hydrogens is 527 g/mol. The normalized spacial score (nSPS) is 15.5. The molecule has 13 heteroatoms. The number of nitrogens with zero attached hydrogens (tertiary/aromatic N) is 4. The molecule has 0 bridgehead atoms. The van der Waals surface area contributed by atoms with Gasteiger partial charge in [0.05, 0.1) is 28.3 Å². The summed E-state index contributed by atoms with van der Waals surface area (Å²) in [7, 11) is 0. The van der Waals surface area contributed by atoms with E-state index in [1.807, 2.05) is 42.5 Å². The Balaban J connectivity index is 1.47. The first kappa shape index (κ1) is 26.8. The van der Waals surface area contributed by atoms with Crippen LogP contribution in [0.5, 0.6) is 0 Å². The summed E-state index contributed by atoms with van der Waals surface area (Å²) in [4.78, 5) is 21.6. The topological polar surface area (TPSA) is 138 Å². The molecule has 0 unspecified atom stereocenters. The Morgan fingerprint density at radius 2 is 1.77 bits per heavy atom. The van der Waals surface area contributed by atoms with Crippen molar-refractivity contribution in [3.63, 3.8) is 0 Å². The molecule has 0 radical (unpaired) electrons. The average molecular weight is 552 g/mol. The van der Waals surface area contributed by atoms with Gasteiger partial charge in [-0.2, -0.15) is 13.2 Å². The van der Waals surface area contributed by atoms with Crippen LogP contribution >= 0.6 is 0 Å². The van der Waals surface area contributed by atoms with Crippen LogP contribution in [0.25, 0.3) is 11.6 Å². The van der Waals surface area contributed by atoms with Crippen LogP contribution in [0, 0.1) is 0 Å². The third-order valence-corrected chi connectivity index (χ3v) is 5.81. The fraction of sp³-hybridized carbons (Fsp3) is 0.222. The van der Waals surface area contributed by atoms with Gasteiger partial charge >= 0.3 is 12.2 Å². The summed E-state index contributed by atoms with van der Waals surface area (Å²) in [6, 6.07) is 17.2. The number of aromatic nitrogens is 3. The molecule has 4 aromatic rings. The lowest BCUT2D eigenvalue weighted by Crippen LogP contribution is -2.32. The zero-order valence-corrected chi connectivity index (χ0v) is 21.3. The number of amides is 1. The third-order valence-electron chi connectivity index (χ3n) is 5.81. The van der Waals surface area contributed by atoms with Crippen molar-refractivity contribution in [2.45, 2.75) is 31.8 Å². The summed E-state index contributed by atoms with van der Waals surface area (Å²) in [5, 5.41) is 26.3. The Bertz CT molecular complexity index is 1560. The van der Waals surface area contributed by atoms with Gasteiger partial charge in [-0.1, -0.05) is 53.6 Å². The van der Waals surface area contributed by atoms with E-state index in [2.05, 4.69) is 36.1 Å². The van der Waals surface area contributed by atoms with E-state index < -0.39 is 29.4 Å². The number of benzodiazepines with no additional fused rings is 1. The van der Waals surface area contributed by atoms with Crippen molar-refractivity contribution in [3.05, 3.63) is 83.6 Å². The van der Waals surface area contributed by atoms with Crippen LogP contribution in [0.2, 0.25) is 0 Å². The molecular formula is C27H24F3N7O3. The standard InChI is InChI=1S/C27H24F3N7O3/c1-26(2,39)14-32-19-12-16(27(28,29)30)13-31-21(19)24-36-37-25(40-24)35-22-23(38)33-18-11-7-6-10-17(18)20(34-22)15-8-4-3-5-9-15/h3-13,22,32,39H,14H2,1-2H3,(H,33,38)(H,35,37)/t22-/m1/s1. The summed E-state index contributed by atoms with van der Waals surface area (Å²) >= 11 is 0. The number of alkyl halides is 3. The van der Waals surface area contributed by atoms with Gasteiger partial charge in [-0.15, -0.1) is 5.10 Å². The fourth-order valence-electron chi connectivity index (χ4n) is 3.91. The van der Waals surface area contributed by atoms with Gasteiger partial charge in [0.25, 0.3) is 11.8 Å². The molecule has 10 nitrogen and oxygen atoms in total. The summed E-state index contributed by atoms with van der Waals surface area (Å²) < 4.78 is 45.7. The predicted octanol–water partition coefficient (Wildman–Crippen LogP) is 4.56. The molecule has 0 spiro atoms. The van der Waals surface area contributed by atoms with Crippen molar-refractivity contribution < 1.29 is 27.5 Å². The molecule has 0 fully saturated rings. The largest absolute Gasteiger partial charge is 0.417 e. The Kier molecular flexibility index (Phi) is 6.98. The van der Waals surface area contributed by atoms with Gasteiger partial charge in [0.1, 0.15) is 0 Å². The van der Waals surface area contributed by atoms with E-state index in [1.165, 1.54) is 13.8 Å². The van der Waals surface area contributed by atoms with Gasteiger partial charge in [-0.05, 0) is 26.0 Å². The first-order valence-electron chi connectivity index (χ1n) is 12.2. The highest BCUT2D eigenvalue weighted by molar-refractivity contribution is 6.19. The van der Waals surface area contributed by atoms with Crippen LogP contribution < -0.4 is 16.0 Å². The first-order valence-corrected chi connectivity index (χ1v) is 12.2. The monoisotopic (exact) mass is 551 g/mol. The second kappa shape index (κ2) is 10.4. The van der Waals surface area contributed by atoms with E-state index in [0.29, 0.717) is 23.2 Å². The number of rotatable bonds is 7. The van der Waals surface area contributed by atoms with Crippen molar-refractivity contribution >= 4 is 29.0 Å². The second-order valence-corrected chi connectivity index (χ2v) is 9.62. The molecule has 3 heterocycles. The fourth-order valence-corrected chi connectivity index (χ4v) is 3.91. The lowest BCUT2D eigenvalue weighted by molar-refractivity contribution is -0.137. The van der Waals surface area contributed by atoms with Gasteiger partial charge in [-0.25, -0.2) is 9.98 Å². The molecule has 0 aliphatic carbocycles. The molecule has 0 saturated carbocycles. The minimum atomic E-state index is -4.64. The maximum atomic E-state index is 13.3. The number of carbonyl (C=O) groups excluding carboxylic acids is 1. The number of hydrogen-bond acceptors (Lipinski definition) is 9. The number of para-hydroxylation sites is 1. The Morgan fingerprint density at radius 3 is 2.50 bits per heavy atom. The number of benzene rings is 2. The van der Waals surface area contributed by atoms with Gasteiger partial charge in [0, 0.05) is 23.9 Å². The van der Waals surface area contributed by atoms with Crippen LogP contribution in [0.3, 0.4) is 0 Å². The van der Waals surface area contributed by atoms with Crippen molar-refractivity contribution in [3.8, 4) is 11.6 Å². The SMILES string of the molecule is CC(C)(O)CNc1cc(C(F)(F)F)cnc1-c1nnc(N[C@H]2N=C(c3ccccc3)c3ccccc3NC2=O)o1. The first-order chi connectivity index (χ1) is 19.0. The molecule has 0 saturated heterocycles. The van der Waals surface area contributed by atoms with E-state index >= 15 is 0 Å². The molecule has 1 amide bonds. The number of aliphatic imine (C=N–C) groups is 1. The van der Waals surface area contributed by atoms with Crippen molar-refractivity contribution in [1.82, 2.24) is 15.2 Å². The molecule has 1 atom stereocenters. The van der Waals surface area contributed by atoms with Crippen molar-refractivity contribution in [2.24, 2.45) is 4.99 Å². The average Bonchev–Trinajstić information content (AvgIpc) is 3.32. The zero-order chi connectivity index (χ0) is 28.5. The number of aliphatic hydroxyl groups is 1. The van der Waals surface area contributed by atoms with E-state index in [0.717, 1.165) is 11.6 Å². The number of hydrogen-bond donors (Lipinski definition) is 4. The van der Waals surface area contributed by atoms with Gasteiger partial charge in [0.2, 0.25) is 6.17 Å². The Hall–Kier alpha value is -4.78. The minimum absolute atomic E-state index is 0.0657. The van der Waals surface area contributed by atoms with Crippen molar-refractivity contribution in [2.75, 3.05) is 22.5 Å². The van der Waals surface area contributed by atoms with Gasteiger partial charge in [-0.3, -0.25) is 4.79 Å². The summed E-state index contributed by atoms with van der Waals surface area (Å²) in [5.41, 5.74) is 0.255. The molecule has 1 aliphatic rings. The van der Waals surface area contributed by atoms with Crippen LogP contribution in [-0.4, -0.2) is 50.2 Å². The maximum absolute atomic E-state index is 13.3. The smallest absolute Gasteiger partial charge is 0.402 e. The third kappa shape index (κ3) is 5.94. The zero-order valence-electron chi connectivity index (χ0n) is 21.3. The number of pyridine rings is 1. The highest BCUT2D eigenvalue weighted by atomic mass is 19.4. The maximum Gasteiger partial charge on any atom is 0.417 e. The lowest BCUT2D eigenvalue weighted by Gasteiger charge is -2.20. The highest BCUT2D eigenvalue weighted by Crippen LogP contribution is 2.34. The van der Waals surface area contributed by atoms with Crippen LogP contribution in [0.4, 0.5) is 30.6 Å². The van der Waals surface area contributed by atoms with Gasteiger partial charge in [0.15, 0.2) is 5.69 Å². The number of fused-ring (bicyclic) bond motifs is 1. The molecule has 2 aromatic heterocycles. The van der Waals surface area contributed by atoms with Crippen LogP contribution in [-0.2, 0) is 11.0 Å². The van der Waals surface area contributed by atoms with E-state index in [9.17, 15) is 23.1 Å². The minimum Gasteiger partial charge on any atom is -0.402 e. The van der Waals surface area contributed by atoms with E-state index in [4.69, 9.17) is 4.42 Å². The second-order valence-electron chi connectivity index (χ2n) is 9.62. The van der Waals surface area contributed by atoms with Crippen molar-refractivity contribution in [1.29, 1.82) is 0 Å². The Morgan fingerprint density at radius 1 is 1.05 bits per heavy atom. The van der Waals surface area contributed by atoms with Crippen LogP contribution in [0.1, 0.15) is 30.5 Å². The van der Waals surface area contributed by atoms with E-state index in [1.54, 1.807) is 12.1 Å². The predicted molar refractivity (Wildman–Crippen MR) is 142 cm³/mol. The molecule has 1 aliphatic heterocycles. The molecule has 5 rings (SSSR count). The summed E-state index contributed by atoms with van der Waals surface area (Å²) in [6.07, 6.45) is -5.17.